The topological polar surface area (TPSA) is 21.3 Å². The Morgan fingerprint density at radius 1 is 1.28 bits per heavy atom. The van der Waals surface area contributed by atoms with Crippen molar-refractivity contribution in [3.63, 3.8) is 0 Å². The average Bonchev–Trinajstić information content (AvgIpc) is 3.23. The van der Waals surface area contributed by atoms with Crippen molar-refractivity contribution in [2.75, 3.05) is 13.7 Å². The zero-order chi connectivity index (χ0) is 12.8. The second kappa shape index (κ2) is 6.91. The molecule has 1 aromatic carbocycles. The van der Waals surface area contributed by atoms with E-state index in [-0.39, 0.29) is 0 Å². The third-order valence-corrected chi connectivity index (χ3v) is 3.80. The number of rotatable bonds is 8. The van der Waals surface area contributed by atoms with Gasteiger partial charge >= 0.3 is 0 Å². The first-order chi connectivity index (χ1) is 8.85. The van der Waals surface area contributed by atoms with Crippen LogP contribution in [0.4, 0.5) is 0 Å². The maximum Gasteiger partial charge on any atom is 0.0755 e. The van der Waals surface area contributed by atoms with Crippen LogP contribution in [0.25, 0.3) is 0 Å². The molecule has 2 rings (SSSR count). The van der Waals surface area contributed by atoms with Crippen LogP contribution in [0.1, 0.15) is 31.7 Å². The molecule has 0 aliphatic heterocycles. The zero-order valence-electron chi connectivity index (χ0n) is 11.6. The van der Waals surface area contributed by atoms with Crippen molar-refractivity contribution in [1.29, 1.82) is 0 Å². The molecule has 1 aromatic rings. The molecule has 2 nitrogen and oxygen atoms in total. The van der Waals surface area contributed by atoms with Gasteiger partial charge in [0.15, 0.2) is 0 Å². The van der Waals surface area contributed by atoms with Gasteiger partial charge in [-0.1, -0.05) is 30.3 Å². The highest BCUT2D eigenvalue weighted by Crippen LogP contribution is 2.36. The first-order valence-electron chi connectivity index (χ1n) is 7.18. The van der Waals surface area contributed by atoms with E-state index >= 15 is 0 Å². The molecule has 1 fully saturated rings. The van der Waals surface area contributed by atoms with Crippen LogP contribution in [0.15, 0.2) is 30.3 Å². The lowest BCUT2D eigenvalue weighted by molar-refractivity contribution is 0.0190. The summed E-state index contributed by atoms with van der Waals surface area (Å²) in [7, 11) is 2.06. The smallest absolute Gasteiger partial charge is 0.0755 e. The molecular weight excluding hydrogens is 222 g/mol. The summed E-state index contributed by atoms with van der Waals surface area (Å²) in [4.78, 5) is 0. The second-order valence-electron chi connectivity index (χ2n) is 5.18. The van der Waals surface area contributed by atoms with Gasteiger partial charge in [-0.05, 0) is 51.1 Å². The Balaban J connectivity index is 1.87. The number of nitrogens with one attached hydrogen (secondary N) is 1. The zero-order valence-corrected chi connectivity index (χ0v) is 11.6. The van der Waals surface area contributed by atoms with Crippen LogP contribution in [0.3, 0.4) is 0 Å². The van der Waals surface area contributed by atoms with E-state index in [1.165, 1.54) is 18.4 Å². The molecule has 18 heavy (non-hydrogen) atoms. The summed E-state index contributed by atoms with van der Waals surface area (Å²) in [6, 6.07) is 11.2. The summed E-state index contributed by atoms with van der Waals surface area (Å²) < 4.78 is 5.94. The lowest BCUT2D eigenvalue weighted by atomic mass is 9.98. The van der Waals surface area contributed by atoms with Gasteiger partial charge in [0.25, 0.3) is 0 Å². The standard InChI is InChI=1S/C16H25NO/c1-3-18-16(14-10-11-14)15(17-2)12-9-13-7-5-4-6-8-13/h4-8,14-17H,3,9-12H2,1-2H3. The molecule has 0 spiro atoms. The van der Waals surface area contributed by atoms with E-state index in [9.17, 15) is 0 Å². The van der Waals surface area contributed by atoms with Crippen molar-refractivity contribution in [2.24, 2.45) is 5.92 Å². The summed E-state index contributed by atoms with van der Waals surface area (Å²) in [5.74, 6) is 0.790. The van der Waals surface area contributed by atoms with Gasteiger partial charge in [-0.3, -0.25) is 0 Å². The lowest BCUT2D eigenvalue weighted by Gasteiger charge is -2.27. The van der Waals surface area contributed by atoms with Crippen LogP contribution >= 0.6 is 0 Å². The number of hydrogen-bond acceptors (Lipinski definition) is 2. The van der Waals surface area contributed by atoms with E-state index in [2.05, 4.69) is 49.6 Å². The minimum atomic E-state index is 0.406. The molecule has 0 heterocycles. The van der Waals surface area contributed by atoms with Gasteiger partial charge in [0.1, 0.15) is 0 Å². The van der Waals surface area contributed by atoms with Gasteiger partial charge < -0.3 is 10.1 Å². The molecule has 0 saturated heterocycles. The molecule has 0 bridgehead atoms. The lowest BCUT2D eigenvalue weighted by Crippen LogP contribution is -2.41. The van der Waals surface area contributed by atoms with E-state index in [1.54, 1.807) is 0 Å². The van der Waals surface area contributed by atoms with Gasteiger partial charge in [0.05, 0.1) is 6.10 Å². The van der Waals surface area contributed by atoms with Crippen molar-refractivity contribution >= 4 is 0 Å². The van der Waals surface area contributed by atoms with Crippen LogP contribution in [-0.4, -0.2) is 25.8 Å². The molecule has 0 aromatic heterocycles. The first kappa shape index (κ1) is 13.6. The summed E-state index contributed by atoms with van der Waals surface area (Å²) in [6.07, 6.45) is 5.37. The minimum Gasteiger partial charge on any atom is -0.377 e. The first-order valence-corrected chi connectivity index (χ1v) is 7.18. The third-order valence-electron chi connectivity index (χ3n) is 3.80. The molecule has 2 unspecified atom stereocenters. The molecule has 2 atom stereocenters. The van der Waals surface area contributed by atoms with E-state index < -0.39 is 0 Å². The van der Waals surface area contributed by atoms with Crippen molar-refractivity contribution in [2.45, 2.75) is 44.8 Å². The molecular formula is C16H25NO. The van der Waals surface area contributed by atoms with Gasteiger partial charge in [0, 0.05) is 12.6 Å². The van der Waals surface area contributed by atoms with Crippen LogP contribution in [0.2, 0.25) is 0 Å². The Morgan fingerprint density at radius 2 is 2.00 bits per heavy atom. The normalized spacial score (nSPS) is 18.6. The van der Waals surface area contributed by atoms with E-state index in [1.807, 2.05) is 0 Å². The summed E-state index contributed by atoms with van der Waals surface area (Å²) in [5, 5.41) is 3.45. The summed E-state index contributed by atoms with van der Waals surface area (Å²) >= 11 is 0. The van der Waals surface area contributed by atoms with Crippen molar-refractivity contribution < 1.29 is 4.74 Å². The predicted molar refractivity (Wildman–Crippen MR) is 75.7 cm³/mol. The molecule has 2 heteroatoms. The van der Waals surface area contributed by atoms with Gasteiger partial charge in [-0.15, -0.1) is 0 Å². The number of aryl methyl sites for hydroxylation is 1. The average molecular weight is 247 g/mol. The van der Waals surface area contributed by atoms with Gasteiger partial charge in [-0.25, -0.2) is 0 Å². The third kappa shape index (κ3) is 3.82. The summed E-state index contributed by atoms with van der Waals surface area (Å²) in [5.41, 5.74) is 1.42. The van der Waals surface area contributed by atoms with Crippen molar-refractivity contribution in [3.05, 3.63) is 35.9 Å². The molecule has 1 aliphatic carbocycles. The van der Waals surface area contributed by atoms with Gasteiger partial charge in [0.2, 0.25) is 0 Å². The second-order valence-corrected chi connectivity index (χ2v) is 5.18. The number of likely N-dealkylation sites (N-methyl/N-ethyl adjacent to an activating group) is 1. The monoisotopic (exact) mass is 247 g/mol. The number of ether oxygens (including phenoxy) is 1. The van der Waals surface area contributed by atoms with E-state index in [0.29, 0.717) is 12.1 Å². The van der Waals surface area contributed by atoms with Crippen LogP contribution in [0.5, 0.6) is 0 Å². The van der Waals surface area contributed by atoms with Gasteiger partial charge in [-0.2, -0.15) is 0 Å². The molecule has 0 radical (unpaired) electrons. The highest BCUT2D eigenvalue weighted by atomic mass is 16.5. The predicted octanol–water partition coefficient (Wildman–Crippen LogP) is 3.02. The molecule has 1 N–H and O–H groups in total. The fourth-order valence-electron chi connectivity index (χ4n) is 2.64. The van der Waals surface area contributed by atoms with Crippen molar-refractivity contribution in [1.82, 2.24) is 5.32 Å². The summed E-state index contributed by atoms with van der Waals surface area (Å²) in [6.45, 7) is 2.92. The quantitative estimate of drug-likeness (QED) is 0.762. The Morgan fingerprint density at radius 3 is 2.56 bits per heavy atom. The number of benzene rings is 1. The molecule has 1 aliphatic rings. The maximum atomic E-state index is 5.94. The van der Waals surface area contributed by atoms with E-state index in [0.717, 1.165) is 25.4 Å². The Labute approximate surface area is 111 Å². The highest BCUT2D eigenvalue weighted by molar-refractivity contribution is 5.15. The fourth-order valence-corrected chi connectivity index (χ4v) is 2.64. The highest BCUT2D eigenvalue weighted by Gasteiger charge is 2.36. The molecule has 100 valence electrons. The Hall–Kier alpha value is -0.860. The number of hydrogen-bond donors (Lipinski definition) is 1. The van der Waals surface area contributed by atoms with E-state index in [4.69, 9.17) is 4.74 Å². The molecule has 0 amide bonds. The van der Waals surface area contributed by atoms with Crippen molar-refractivity contribution in [3.8, 4) is 0 Å². The van der Waals surface area contributed by atoms with Crippen LogP contribution < -0.4 is 5.32 Å². The minimum absolute atomic E-state index is 0.406. The van der Waals surface area contributed by atoms with Crippen LogP contribution in [0, 0.1) is 5.92 Å². The van der Waals surface area contributed by atoms with Crippen LogP contribution in [-0.2, 0) is 11.2 Å². The largest absolute Gasteiger partial charge is 0.377 e. The molecule has 1 saturated carbocycles. The fraction of sp³-hybridized carbons (Fsp3) is 0.625. The SMILES string of the molecule is CCOC(C1CC1)C(CCc1ccccc1)NC. The Bertz CT molecular complexity index is 334. The maximum absolute atomic E-state index is 5.94. The Kier molecular flexibility index (Phi) is 5.21.